The summed E-state index contributed by atoms with van der Waals surface area (Å²) in [5.41, 5.74) is 0.921. The molecule has 18 heavy (non-hydrogen) atoms. The van der Waals surface area contributed by atoms with Gasteiger partial charge in [-0.05, 0) is 62.7 Å². The van der Waals surface area contributed by atoms with E-state index in [0.717, 1.165) is 27.4 Å². The molecular weight excluding hydrogens is 244 g/mol. The second-order valence-electron chi connectivity index (χ2n) is 5.06. The lowest BCUT2D eigenvalue weighted by molar-refractivity contribution is 0.112. The Bertz CT molecular complexity index is 532. The Kier molecular flexibility index (Phi) is 3.53. The fraction of sp³-hybridized carbons (Fsp3) is 0.267. The normalized spacial score (nSPS) is 11.3. The first-order valence-corrected chi connectivity index (χ1v) is 6.64. The van der Waals surface area contributed by atoms with Gasteiger partial charge in [0.25, 0.3) is 0 Å². The second-order valence-corrected chi connectivity index (χ2v) is 6.17. The fourth-order valence-corrected chi connectivity index (χ4v) is 2.44. The van der Waals surface area contributed by atoms with E-state index >= 15 is 0 Å². The molecule has 3 heteroatoms. The van der Waals surface area contributed by atoms with Crippen molar-refractivity contribution in [2.75, 3.05) is 0 Å². The Balaban J connectivity index is 2.19. The number of benzene rings is 1. The molecule has 0 aliphatic heterocycles. The van der Waals surface area contributed by atoms with Crippen LogP contribution in [0.25, 0.3) is 10.4 Å². The number of carbonyl (C=O) groups excluding carboxylic acids is 1. The molecule has 0 spiro atoms. The number of thiophene rings is 1. The number of hydrogen-bond donors (Lipinski definition) is 0. The van der Waals surface area contributed by atoms with Crippen molar-refractivity contribution in [2.45, 2.75) is 26.4 Å². The summed E-state index contributed by atoms with van der Waals surface area (Å²) in [6.45, 7) is 6.07. The van der Waals surface area contributed by atoms with Gasteiger partial charge in [0.05, 0.1) is 4.88 Å². The number of aldehydes is 1. The molecule has 2 rings (SSSR count). The Hall–Kier alpha value is -1.61. The molecule has 0 bridgehead atoms. The van der Waals surface area contributed by atoms with Crippen molar-refractivity contribution in [3.8, 4) is 16.2 Å². The number of hydrogen-bond acceptors (Lipinski definition) is 3. The molecule has 1 heterocycles. The van der Waals surface area contributed by atoms with Crippen molar-refractivity contribution >= 4 is 17.6 Å². The average molecular weight is 260 g/mol. The Labute approximate surface area is 111 Å². The van der Waals surface area contributed by atoms with Gasteiger partial charge in [-0.1, -0.05) is 0 Å². The van der Waals surface area contributed by atoms with E-state index < -0.39 is 0 Å². The van der Waals surface area contributed by atoms with Crippen molar-refractivity contribution in [1.82, 2.24) is 0 Å². The van der Waals surface area contributed by atoms with Crippen LogP contribution in [0.2, 0.25) is 0 Å². The molecular formula is C15H16O2S. The van der Waals surface area contributed by atoms with Crippen molar-refractivity contribution in [2.24, 2.45) is 0 Å². The van der Waals surface area contributed by atoms with Crippen molar-refractivity contribution in [3.63, 3.8) is 0 Å². The smallest absolute Gasteiger partial charge is 0.160 e. The lowest BCUT2D eigenvalue weighted by Crippen LogP contribution is -2.22. The summed E-state index contributed by atoms with van der Waals surface area (Å²) in [5.74, 6) is 0.860. The summed E-state index contributed by atoms with van der Waals surface area (Å²) < 4.78 is 5.77. The molecule has 1 aromatic heterocycles. The van der Waals surface area contributed by atoms with Gasteiger partial charge in [0.2, 0.25) is 0 Å². The molecule has 0 radical (unpaired) electrons. The third-order valence-corrected chi connectivity index (χ3v) is 3.37. The number of carbonyl (C=O) groups is 1. The molecule has 0 fully saturated rings. The Morgan fingerprint density at radius 3 is 2.22 bits per heavy atom. The largest absolute Gasteiger partial charge is 0.488 e. The SMILES string of the molecule is CC(C)(C)Oc1ccc(-c2ccc(C=O)s2)cc1. The van der Waals surface area contributed by atoms with Gasteiger partial charge in [-0.25, -0.2) is 0 Å². The van der Waals surface area contributed by atoms with Crippen LogP contribution in [0.1, 0.15) is 30.4 Å². The highest BCUT2D eigenvalue weighted by Crippen LogP contribution is 2.29. The minimum Gasteiger partial charge on any atom is -0.488 e. The minimum absolute atomic E-state index is 0.185. The molecule has 1 aromatic carbocycles. The first-order valence-electron chi connectivity index (χ1n) is 5.82. The molecule has 0 atom stereocenters. The molecule has 0 saturated carbocycles. The molecule has 2 nitrogen and oxygen atoms in total. The quantitative estimate of drug-likeness (QED) is 0.764. The monoisotopic (exact) mass is 260 g/mol. The van der Waals surface area contributed by atoms with Crippen LogP contribution in [0.15, 0.2) is 36.4 Å². The molecule has 0 saturated heterocycles. The molecule has 0 N–H and O–H groups in total. The third kappa shape index (κ3) is 3.20. The Morgan fingerprint density at radius 1 is 1.06 bits per heavy atom. The van der Waals surface area contributed by atoms with Gasteiger partial charge in [0.15, 0.2) is 6.29 Å². The highest BCUT2D eigenvalue weighted by atomic mass is 32.1. The molecule has 0 aliphatic rings. The summed E-state index contributed by atoms with van der Waals surface area (Å²) in [5, 5.41) is 0. The molecule has 94 valence electrons. The summed E-state index contributed by atoms with van der Waals surface area (Å²) in [7, 11) is 0. The van der Waals surface area contributed by atoms with E-state index in [2.05, 4.69) is 0 Å². The summed E-state index contributed by atoms with van der Waals surface area (Å²) >= 11 is 1.50. The lowest BCUT2D eigenvalue weighted by atomic mass is 10.1. The van der Waals surface area contributed by atoms with Gasteiger partial charge >= 0.3 is 0 Å². The molecule has 0 amide bonds. The second kappa shape index (κ2) is 4.94. The molecule has 2 aromatic rings. The van der Waals surface area contributed by atoms with Gasteiger partial charge < -0.3 is 4.74 Å². The van der Waals surface area contributed by atoms with E-state index in [1.807, 2.05) is 57.2 Å². The highest BCUT2D eigenvalue weighted by molar-refractivity contribution is 7.17. The topological polar surface area (TPSA) is 26.3 Å². The van der Waals surface area contributed by atoms with E-state index in [1.165, 1.54) is 11.3 Å². The van der Waals surface area contributed by atoms with Crippen LogP contribution in [-0.2, 0) is 0 Å². The maximum absolute atomic E-state index is 10.7. The van der Waals surface area contributed by atoms with Gasteiger partial charge in [0.1, 0.15) is 11.4 Å². The van der Waals surface area contributed by atoms with Crippen molar-refractivity contribution in [3.05, 3.63) is 41.3 Å². The highest BCUT2D eigenvalue weighted by Gasteiger charge is 2.11. The summed E-state index contributed by atoms with van der Waals surface area (Å²) in [6, 6.07) is 11.8. The van der Waals surface area contributed by atoms with E-state index in [0.29, 0.717) is 0 Å². The Morgan fingerprint density at radius 2 is 1.72 bits per heavy atom. The van der Waals surface area contributed by atoms with E-state index in [4.69, 9.17) is 4.74 Å². The summed E-state index contributed by atoms with van der Waals surface area (Å²) in [4.78, 5) is 12.5. The fourth-order valence-electron chi connectivity index (χ4n) is 1.61. The van der Waals surface area contributed by atoms with Crippen LogP contribution < -0.4 is 4.74 Å². The van der Waals surface area contributed by atoms with Crippen molar-refractivity contribution in [1.29, 1.82) is 0 Å². The zero-order valence-electron chi connectivity index (χ0n) is 10.8. The predicted octanol–water partition coefficient (Wildman–Crippen LogP) is 4.40. The number of rotatable bonds is 3. The third-order valence-electron chi connectivity index (χ3n) is 2.31. The van der Waals surface area contributed by atoms with E-state index in [1.54, 1.807) is 0 Å². The lowest BCUT2D eigenvalue weighted by Gasteiger charge is -2.21. The zero-order chi connectivity index (χ0) is 13.2. The minimum atomic E-state index is -0.185. The maximum atomic E-state index is 10.7. The van der Waals surface area contributed by atoms with Crippen LogP contribution in [0.4, 0.5) is 0 Å². The molecule has 0 unspecified atom stereocenters. The van der Waals surface area contributed by atoms with Gasteiger partial charge in [0, 0.05) is 4.88 Å². The van der Waals surface area contributed by atoms with Crippen LogP contribution in [0.3, 0.4) is 0 Å². The first-order chi connectivity index (χ1) is 8.48. The summed E-state index contributed by atoms with van der Waals surface area (Å²) in [6.07, 6.45) is 0.880. The van der Waals surface area contributed by atoms with Gasteiger partial charge in [-0.3, -0.25) is 4.79 Å². The average Bonchev–Trinajstić information content (AvgIpc) is 2.76. The first kappa shape index (κ1) is 12.8. The molecule has 0 aliphatic carbocycles. The van der Waals surface area contributed by atoms with Crippen LogP contribution in [-0.4, -0.2) is 11.9 Å². The zero-order valence-corrected chi connectivity index (χ0v) is 11.6. The van der Waals surface area contributed by atoms with Gasteiger partial charge in [-0.15, -0.1) is 11.3 Å². The standard InChI is InChI=1S/C15H16O2S/c1-15(2,3)17-12-6-4-11(5-7-12)14-9-8-13(10-16)18-14/h4-10H,1-3H3. The predicted molar refractivity (Wildman–Crippen MR) is 75.5 cm³/mol. The maximum Gasteiger partial charge on any atom is 0.160 e. The number of ether oxygens (including phenoxy) is 1. The van der Waals surface area contributed by atoms with Crippen LogP contribution in [0.5, 0.6) is 5.75 Å². The van der Waals surface area contributed by atoms with Crippen LogP contribution >= 0.6 is 11.3 Å². The van der Waals surface area contributed by atoms with Gasteiger partial charge in [-0.2, -0.15) is 0 Å². The van der Waals surface area contributed by atoms with Crippen molar-refractivity contribution < 1.29 is 9.53 Å². The van der Waals surface area contributed by atoms with E-state index in [-0.39, 0.29) is 5.60 Å². The van der Waals surface area contributed by atoms with E-state index in [9.17, 15) is 4.79 Å². The van der Waals surface area contributed by atoms with Crippen LogP contribution in [0, 0.1) is 0 Å².